The summed E-state index contributed by atoms with van der Waals surface area (Å²) in [4.78, 5) is 4.40. The third-order valence-corrected chi connectivity index (χ3v) is 3.05. The van der Waals surface area contributed by atoms with E-state index in [2.05, 4.69) is 31.0 Å². The molecule has 2 rings (SSSR count). The van der Waals surface area contributed by atoms with Crippen molar-refractivity contribution in [3.8, 4) is 0 Å². The molecule has 1 heterocycles. The van der Waals surface area contributed by atoms with Crippen molar-refractivity contribution in [3.63, 3.8) is 0 Å². The summed E-state index contributed by atoms with van der Waals surface area (Å²) in [5.74, 6) is 0. The van der Waals surface area contributed by atoms with Gasteiger partial charge >= 0.3 is 0 Å². The molecule has 0 spiro atoms. The Morgan fingerprint density at radius 3 is 3.09 bits per heavy atom. The van der Waals surface area contributed by atoms with E-state index in [0.29, 0.717) is 11.3 Å². The predicted molar refractivity (Wildman–Crippen MR) is 51.2 cm³/mol. The summed E-state index contributed by atoms with van der Waals surface area (Å²) in [6.45, 7) is 4.32. The minimum atomic E-state index is 0.434. The first-order valence-electron chi connectivity index (χ1n) is 3.81. The number of hydrogen-bond acceptors (Lipinski definition) is 2. The molecule has 2 aliphatic rings. The van der Waals surface area contributed by atoms with Crippen molar-refractivity contribution < 1.29 is 0 Å². The lowest BCUT2D eigenvalue weighted by Crippen LogP contribution is -2.19. The van der Waals surface area contributed by atoms with Crippen molar-refractivity contribution in [2.24, 2.45) is 4.99 Å². The van der Waals surface area contributed by atoms with Crippen LogP contribution in [-0.2, 0) is 0 Å². The molecule has 2 heteroatoms. The Bertz CT molecular complexity index is 263. The molecule has 0 radical (unpaired) electrons. The largest absolute Gasteiger partial charge is 0.277 e. The first-order chi connectivity index (χ1) is 5.27. The zero-order valence-corrected chi connectivity index (χ0v) is 7.56. The number of thioether (sulfide) groups is 1. The van der Waals surface area contributed by atoms with Gasteiger partial charge in [0, 0.05) is 0 Å². The molecule has 0 saturated heterocycles. The second-order valence-electron chi connectivity index (χ2n) is 3.10. The average Bonchev–Trinajstić information content (AvgIpc) is 2.34. The highest BCUT2D eigenvalue weighted by Gasteiger charge is 2.26. The van der Waals surface area contributed by atoms with E-state index in [4.69, 9.17) is 0 Å². The quantitative estimate of drug-likeness (QED) is 0.537. The summed E-state index contributed by atoms with van der Waals surface area (Å²) in [5, 5.41) is 0.583. The highest BCUT2D eigenvalue weighted by molar-refractivity contribution is 8.13. The molecule has 0 aromatic carbocycles. The van der Waals surface area contributed by atoms with E-state index in [-0.39, 0.29) is 0 Å². The van der Waals surface area contributed by atoms with Gasteiger partial charge in [-0.2, -0.15) is 0 Å². The van der Waals surface area contributed by atoms with Crippen LogP contribution >= 0.6 is 11.8 Å². The van der Waals surface area contributed by atoms with Crippen LogP contribution in [0.1, 0.15) is 13.8 Å². The minimum Gasteiger partial charge on any atom is -0.277 e. The van der Waals surface area contributed by atoms with E-state index in [1.54, 1.807) is 0 Å². The van der Waals surface area contributed by atoms with E-state index in [9.17, 15) is 0 Å². The van der Waals surface area contributed by atoms with Gasteiger partial charge in [-0.1, -0.05) is 17.7 Å². The smallest absolute Gasteiger partial charge is 0.0873 e. The summed E-state index contributed by atoms with van der Waals surface area (Å²) in [7, 11) is 0. The van der Waals surface area contributed by atoms with Crippen LogP contribution in [0.5, 0.6) is 0 Å². The summed E-state index contributed by atoms with van der Waals surface area (Å²) < 4.78 is 0. The fourth-order valence-corrected chi connectivity index (χ4v) is 2.66. The van der Waals surface area contributed by atoms with Crippen LogP contribution in [0.3, 0.4) is 0 Å². The summed E-state index contributed by atoms with van der Waals surface area (Å²) in [6, 6.07) is 0.434. The van der Waals surface area contributed by atoms with Gasteiger partial charge in [0.15, 0.2) is 0 Å². The third-order valence-electron chi connectivity index (χ3n) is 2.10. The molecule has 0 saturated carbocycles. The Balaban J connectivity index is 2.33. The number of fused-ring (bicyclic) bond motifs is 1. The van der Waals surface area contributed by atoms with Crippen LogP contribution in [-0.4, -0.2) is 16.8 Å². The molecule has 1 nitrogen and oxygen atoms in total. The van der Waals surface area contributed by atoms with Gasteiger partial charge in [-0.15, -0.1) is 11.8 Å². The van der Waals surface area contributed by atoms with E-state index >= 15 is 0 Å². The summed E-state index contributed by atoms with van der Waals surface area (Å²) in [6.07, 6.45) is 4.53. The number of aliphatic imine (C=N–C) groups is 1. The van der Waals surface area contributed by atoms with E-state index < -0.39 is 0 Å². The summed E-state index contributed by atoms with van der Waals surface area (Å²) >= 11 is 1.82. The van der Waals surface area contributed by atoms with E-state index in [1.807, 2.05) is 17.3 Å². The zero-order valence-electron chi connectivity index (χ0n) is 6.74. The van der Waals surface area contributed by atoms with Crippen molar-refractivity contribution in [1.82, 2.24) is 0 Å². The molecule has 0 fully saturated rings. The van der Waals surface area contributed by atoms with Crippen molar-refractivity contribution >= 4 is 17.3 Å². The van der Waals surface area contributed by atoms with Gasteiger partial charge in [0.05, 0.1) is 16.8 Å². The minimum absolute atomic E-state index is 0.434. The summed E-state index contributed by atoms with van der Waals surface area (Å²) in [5.41, 5.74) is 4.75. The molecular weight excluding hydrogens is 154 g/mol. The van der Waals surface area contributed by atoms with Gasteiger partial charge in [-0.3, -0.25) is 4.99 Å². The second-order valence-corrected chi connectivity index (χ2v) is 4.13. The van der Waals surface area contributed by atoms with Crippen molar-refractivity contribution in [2.45, 2.75) is 25.1 Å². The topological polar surface area (TPSA) is 12.4 Å². The maximum Gasteiger partial charge on any atom is 0.0873 e. The predicted octanol–water partition coefficient (Wildman–Crippen LogP) is 2.40. The molecule has 0 aromatic heterocycles. The van der Waals surface area contributed by atoms with Crippen LogP contribution in [0.4, 0.5) is 0 Å². The maximum absolute atomic E-state index is 4.40. The van der Waals surface area contributed by atoms with Crippen LogP contribution in [0, 0.1) is 0 Å². The number of rotatable bonds is 0. The first kappa shape index (κ1) is 7.17. The van der Waals surface area contributed by atoms with Gasteiger partial charge < -0.3 is 0 Å². The fraction of sp³-hybridized carbons (Fsp3) is 0.444. The van der Waals surface area contributed by atoms with Crippen molar-refractivity contribution in [2.75, 3.05) is 0 Å². The number of hydrogen-bond donors (Lipinski definition) is 0. The second kappa shape index (κ2) is 2.52. The zero-order chi connectivity index (χ0) is 7.84. The lowest BCUT2D eigenvalue weighted by Gasteiger charge is -2.19. The molecule has 2 atom stereocenters. The molecule has 0 bridgehead atoms. The lowest BCUT2D eigenvalue weighted by molar-refractivity contribution is 0.801. The number of nitrogens with zero attached hydrogens (tertiary/aromatic N) is 1. The van der Waals surface area contributed by atoms with Crippen molar-refractivity contribution in [1.29, 1.82) is 0 Å². The highest BCUT2D eigenvalue weighted by atomic mass is 32.2. The Morgan fingerprint density at radius 2 is 2.27 bits per heavy atom. The number of allylic oxidation sites excluding steroid dienone is 2. The Morgan fingerprint density at radius 1 is 1.45 bits per heavy atom. The van der Waals surface area contributed by atoms with E-state index in [1.165, 1.54) is 11.1 Å². The third kappa shape index (κ3) is 1.16. The fourth-order valence-electron chi connectivity index (χ4n) is 1.59. The van der Waals surface area contributed by atoms with Crippen LogP contribution in [0.25, 0.3) is 0 Å². The first-order valence-corrected chi connectivity index (χ1v) is 4.75. The Labute approximate surface area is 71.3 Å². The maximum atomic E-state index is 4.40. The molecule has 2 unspecified atom stereocenters. The Kier molecular flexibility index (Phi) is 1.64. The Hall–Kier alpha value is -0.500. The normalized spacial score (nSPS) is 34.7. The molecule has 1 aliphatic carbocycles. The standard InChI is InChI=1S/C9H11NS/c1-6-3-7(2)9-8(4-6)11-5-10-9/h3-5,8-9H,1-2H3. The monoisotopic (exact) mass is 165 g/mol. The van der Waals surface area contributed by atoms with Gasteiger partial charge in [-0.05, 0) is 19.4 Å². The van der Waals surface area contributed by atoms with Crippen LogP contribution < -0.4 is 0 Å². The molecular formula is C9H11NS. The molecule has 0 amide bonds. The van der Waals surface area contributed by atoms with Crippen molar-refractivity contribution in [3.05, 3.63) is 23.3 Å². The van der Waals surface area contributed by atoms with Gasteiger partial charge in [-0.25, -0.2) is 0 Å². The van der Waals surface area contributed by atoms with Gasteiger partial charge in [0.25, 0.3) is 0 Å². The van der Waals surface area contributed by atoms with E-state index in [0.717, 1.165) is 0 Å². The molecule has 0 aromatic rings. The SMILES string of the molecule is CC1=CC2SC=NC2C(C)=C1. The molecule has 58 valence electrons. The lowest BCUT2D eigenvalue weighted by atomic mass is 9.97. The molecule has 11 heavy (non-hydrogen) atoms. The van der Waals surface area contributed by atoms with Crippen LogP contribution in [0.15, 0.2) is 28.3 Å². The van der Waals surface area contributed by atoms with Gasteiger partial charge in [0.1, 0.15) is 0 Å². The van der Waals surface area contributed by atoms with Crippen LogP contribution in [0.2, 0.25) is 0 Å². The molecule has 1 aliphatic heterocycles. The molecule has 0 N–H and O–H groups in total. The average molecular weight is 165 g/mol. The van der Waals surface area contributed by atoms with Gasteiger partial charge in [0.2, 0.25) is 0 Å². The highest BCUT2D eigenvalue weighted by Crippen LogP contribution is 2.32.